The Bertz CT molecular complexity index is 1140. The van der Waals surface area contributed by atoms with E-state index in [1.165, 1.54) is 11.3 Å². The zero-order valence-corrected chi connectivity index (χ0v) is 20.1. The summed E-state index contributed by atoms with van der Waals surface area (Å²) in [7, 11) is 2.14. The minimum atomic E-state index is -0.147. The molecule has 0 unspecified atom stereocenters. The van der Waals surface area contributed by atoms with Crippen molar-refractivity contribution < 1.29 is 4.79 Å². The number of aromatic nitrogens is 2. The van der Waals surface area contributed by atoms with E-state index < -0.39 is 0 Å². The van der Waals surface area contributed by atoms with Gasteiger partial charge in [-0.3, -0.25) is 14.6 Å². The highest BCUT2D eigenvalue weighted by atomic mass is 32.1. The minimum Gasteiger partial charge on any atom is -0.354 e. The van der Waals surface area contributed by atoms with E-state index in [0.717, 1.165) is 55.1 Å². The van der Waals surface area contributed by atoms with Crippen molar-refractivity contribution in [2.24, 2.45) is 0 Å². The summed E-state index contributed by atoms with van der Waals surface area (Å²) < 4.78 is 0. The molecule has 0 atom stereocenters. The van der Waals surface area contributed by atoms with Crippen molar-refractivity contribution in [3.63, 3.8) is 0 Å². The Morgan fingerprint density at radius 2 is 1.91 bits per heavy atom. The Hall–Kier alpha value is -2.75. The van der Waals surface area contributed by atoms with Crippen LogP contribution >= 0.6 is 11.3 Å². The molecule has 176 valence electrons. The summed E-state index contributed by atoms with van der Waals surface area (Å²) in [6, 6.07) is 10.0. The van der Waals surface area contributed by atoms with Crippen LogP contribution in [0.5, 0.6) is 0 Å². The number of aromatic amines is 1. The first-order valence-electron chi connectivity index (χ1n) is 11.5. The van der Waals surface area contributed by atoms with E-state index >= 15 is 0 Å². The van der Waals surface area contributed by atoms with Crippen LogP contribution in [0.2, 0.25) is 0 Å². The second kappa shape index (κ2) is 10.9. The van der Waals surface area contributed by atoms with Gasteiger partial charge in [0.15, 0.2) is 0 Å². The number of anilines is 1. The minimum absolute atomic E-state index is 0.0595. The lowest BCUT2D eigenvalue weighted by Crippen LogP contribution is -2.44. The lowest BCUT2D eigenvalue weighted by atomic mass is 10.1. The Morgan fingerprint density at radius 1 is 1.15 bits per heavy atom. The monoisotopic (exact) mass is 468 g/mol. The van der Waals surface area contributed by atoms with Gasteiger partial charge in [0.05, 0.1) is 5.39 Å². The average Bonchev–Trinajstić information content (AvgIpc) is 3.15. The molecule has 3 heterocycles. The number of fused-ring (bicyclic) bond motifs is 1. The lowest BCUT2D eigenvalue weighted by Gasteiger charge is -2.32. The summed E-state index contributed by atoms with van der Waals surface area (Å²) >= 11 is 1.52. The van der Waals surface area contributed by atoms with Crippen molar-refractivity contribution in [1.29, 1.82) is 0 Å². The Labute approximate surface area is 198 Å². The molecule has 0 saturated carbocycles. The van der Waals surface area contributed by atoms with Gasteiger partial charge in [-0.05, 0) is 38.1 Å². The third-order valence-electron chi connectivity index (χ3n) is 6.05. The number of piperazine rings is 1. The SMILES string of the molecule is Cc1c(-c2ccccc2)sc2nc(NCCNC(=O)CCCN3CCN(C)CC3)[nH]c(=O)c12. The standard InChI is InChI=1S/C24H32N6O2S/c1-17-20-22(32)27-24(28-23(20)33-21(17)18-7-4-3-5-8-18)26-11-10-25-19(31)9-6-12-30-15-13-29(2)14-16-30/h3-5,7-8H,6,9-16H2,1-2H3,(H,25,31)(H2,26,27,28,32). The molecule has 0 spiro atoms. The van der Waals surface area contributed by atoms with Crippen molar-refractivity contribution in [1.82, 2.24) is 25.1 Å². The molecule has 1 aromatic carbocycles. The van der Waals surface area contributed by atoms with Crippen LogP contribution in [-0.2, 0) is 4.79 Å². The molecular weight excluding hydrogens is 436 g/mol. The van der Waals surface area contributed by atoms with Crippen molar-refractivity contribution in [2.75, 3.05) is 58.2 Å². The number of nitrogens with one attached hydrogen (secondary N) is 3. The van der Waals surface area contributed by atoms with E-state index in [2.05, 4.69) is 37.4 Å². The van der Waals surface area contributed by atoms with E-state index in [0.29, 0.717) is 35.7 Å². The summed E-state index contributed by atoms with van der Waals surface area (Å²) in [6.45, 7) is 8.25. The average molecular weight is 469 g/mol. The van der Waals surface area contributed by atoms with Crippen molar-refractivity contribution in [2.45, 2.75) is 19.8 Å². The van der Waals surface area contributed by atoms with Gasteiger partial charge in [0.25, 0.3) is 5.56 Å². The largest absolute Gasteiger partial charge is 0.354 e. The summed E-state index contributed by atoms with van der Waals surface area (Å²) in [6.07, 6.45) is 1.40. The normalized spacial score (nSPS) is 15.1. The van der Waals surface area contributed by atoms with Crippen LogP contribution in [0.25, 0.3) is 20.7 Å². The molecule has 1 fully saturated rings. The number of rotatable bonds is 9. The highest BCUT2D eigenvalue weighted by molar-refractivity contribution is 7.22. The fraction of sp³-hybridized carbons (Fsp3) is 0.458. The first-order valence-corrected chi connectivity index (χ1v) is 12.3. The zero-order valence-electron chi connectivity index (χ0n) is 19.3. The fourth-order valence-electron chi connectivity index (χ4n) is 4.10. The van der Waals surface area contributed by atoms with E-state index in [1.54, 1.807) is 0 Å². The first kappa shape index (κ1) is 23.4. The number of benzene rings is 1. The van der Waals surface area contributed by atoms with E-state index in [-0.39, 0.29) is 11.5 Å². The van der Waals surface area contributed by atoms with Crippen LogP contribution < -0.4 is 16.2 Å². The van der Waals surface area contributed by atoms with Gasteiger partial charge in [-0.1, -0.05) is 30.3 Å². The number of likely N-dealkylation sites (N-methyl/N-ethyl adjacent to an activating group) is 1. The molecule has 3 aromatic rings. The van der Waals surface area contributed by atoms with E-state index in [1.807, 2.05) is 37.3 Å². The molecular formula is C24H32N6O2S. The van der Waals surface area contributed by atoms with Crippen LogP contribution in [0.3, 0.4) is 0 Å². The number of hydrogen-bond donors (Lipinski definition) is 3. The molecule has 1 amide bonds. The topological polar surface area (TPSA) is 93.4 Å². The van der Waals surface area contributed by atoms with Crippen LogP contribution in [0.1, 0.15) is 18.4 Å². The fourth-order valence-corrected chi connectivity index (χ4v) is 5.29. The van der Waals surface area contributed by atoms with Crippen molar-refractivity contribution >= 4 is 33.4 Å². The molecule has 4 rings (SSSR count). The van der Waals surface area contributed by atoms with Gasteiger partial charge in [-0.2, -0.15) is 0 Å². The zero-order chi connectivity index (χ0) is 23.2. The predicted molar refractivity (Wildman–Crippen MR) is 135 cm³/mol. The molecule has 33 heavy (non-hydrogen) atoms. The summed E-state index contributed by atoms with van der Waals surface area (Å²) in [4.78, 5) is 38.7. The molecule has 1 aliphatic rings. The number of carbonyl (C=O) groups excluding carboxylic acids is 1. The first-order chi connectivity index (χ1) is 16.0. The van der Waals surface area contributed by atoms with Gasteiger partial charge in [-0.25, -0.2) is 4.98 Å². The molecule has 2 aromatic heterocycles. The third-order valence-corrected chi connectivity index (χ3v) is 7.28. The molecule has 9 heteroatoms. The van der Waals surface area contributed by atoms with Gasteiger partial charge < -0.3 is 20.4 Å². The molecule has 1 saturated heterocycles. The Morgan fingerprint density at radius 3 is 2.67 bits per heavy atom. The Kier molecular flexibility index (Phi) is 7.74. The number of amides is 1. The van der Waals surface area contributed by atoms with Crippen LogP contribution in [0.4, 0.5) is 5.95 Å². The molecule has 1 aliphatic heterocycles. The Balaban J connectivity index is 1.25. The van der Waals surface area contributed by atoms with Crippen molar-refractivity contribution in [3.8, 4) is 10.4 Å². The molecule has 3 N–H and O–H groups in total. The van der Waals surface area contributed by atoms with E-state index in [9.17, 15) is 9.59 Å². The maximum Gasteiger partial charge on any atom is 0.261 e. The number of nitrogens with zero attached hydrogens (tertiary/aromatic N) is 3. The van der Waals surface area contributed by atoms with Gasteiger partial charge in [-0.15, -0.1) is 11.3 Å². The van der Waals surface area contributed by atoms with Gasteiger partial charge >= 0.3 is 0 Å². The van der Waals surface area contributed by atoms with Crippen LogP contribution in [0, 0.1) is 6.92 Å². The highest BCUT2D eigenvalue weighted by Crippen LogP contribution is 2.35. The van der Waals surface area contributed by atoms with Crippen LogP contribution in [-0.4, -0.2) is 78.5 Å². The van der Waals surface area contributed by atoms with Crippen molar-refractivity contribution in [3.05, 3.63) is 46.2 Å². The quantitative estimate of drug-likeness (QED) is 0.418. The number of thiophene rings is 1. The lowest BCUT2D eigenvalue weighted by molar-refractivity contribution is -0.121. The third kappa shape index (κ3) is 5.98. The number of hydrogen-bond acceptors (Lipinski definition) is 7. The highest BCUT2D eigenvalue weighted by Gasteiger charge is 2.16. The number of H-pyrrole nitrogens is 1. The summed E-state index contributed by atoms with van der Waals surface area (Å²) in [5.41, 5.74) is 1.89. The molecule has 0 aliphatic carbocycles. The van der Waals surface area contributed by atoms with Gasteiger partial charge in [0.1, 0.15) is 4.83 Å². The van der Waals surface area contributed by atoms with E-state index in [4.69, 9.17) is 0 Å². The summed E-state index contributed by atoms with van der Waals surface area (Å²) in [5.74, 6) is 0.488. The number of carbonyl (C=O) groups is 1. The smallest absolute Gasteiger partial charge is 0.261 e. The predicted octanol–water partition coefficient (Wildman–Crippen LogP) is 2.52. The van der Waals surface area contributed by atoms with Gasteiger partial charge in [0.2, 0.25) is 11.9 Å². The van der Waals surface area contributed by atoms with Crippen LogP contribution in [0.15, 0.2) is 35.1 Å². The second-order valence-corrected chi connectivity index (χ2v) is 9.54. The van der Waals surface area contributed by atoms with Gasteiger partial charge in [0, 0.05) is 50.6 Å². The summed E-state index contributed by atoms with van der Waals surface area (Å²) in [5, 5.41) is 6.70. The maximum atomic E-state index is 12.7. The second-order valence-electron chi connectivity index (χ2n) is 8.54. The number of aryl methyl sites for hydroxylation is 1. The molecule has 8 nitrogen and oxygen atoms in total. The maximum absolute atomic E-state index is 12.7. The molecule has 0 bridgehead atoms. The molecule has 0 radical (unpaired) electrons.